The van der Waals surface area contributed by atoms with E-state index in [-0.39, 0.29) is 30.1 Å². The molecule has 4 aromatic rings. The molecule has 190 valence electrons. The van der Waals surface area contributed by atoms with Crippen molar-refractivity contribution in [2.45, 2.75) is 26.9 Å². The van der Waals surface area contributed by atoms with Crippen molar-refractivity contribution in [1.29, 1.82) is 0 Å². The highest BCUT2D eigenvalue weighted by Gasteiger charge is 2.18. The van der Waals surface area contributed by atoms with Crippen molar-refractivity contribution in [1.82, 2.24) is 4.57 Å². The standard InChI is InChI=1S/C28H23BrF2N2O4/c1-3-27(34)32-21-10-18(28(35)36)11-22(14-21)33-16(2)4-8-25(33)23-12-19(29)6-9-26(23)37-15-17-5-7-20(30)13-24(17)31/h4-14H,3,15H2,1-2H3,(H,32,34)(H,35,36). The summed E-state index contributed by atoms with van der Waals surface area (Å²) in [4.78, 5) is 23.8. The van der Waals surface area contributed by atoms with E-state index in [0.29, 0.717) is 28.4 Å². The van der Waals surface area contributed by atoms with Gasteiger partial charge in [0.05, 0.1) is 11.3 Å². The summed E-state index contributed by atoms with van der Waals surface area (Å²) in [6, 6.07) is 17.0. The van der Waals surface area contributed by atoms with Crippen LogP contribution in [0.15, 0.2) is 71.2 Å². The molecule has 1 heterocycles. The smallest absolute Gasteiger partial charge is 0.335 e. The molecule has 0 saturated heterocycles. The number of halogens is 3. The molecule has 0 unspecified atom stereocenters. The summed E-state index contributed by atoms with van der Waals surface area (Å²) in [6.07, 6.45) is 0.244. The molecule has 0 aliphatic rings. The third-order valence-electron chi connectivity index (χ3n) is 5.72. The van der Waals surface area contributed by atoms with Crippen molar-refractivity contribution in [2.75, 3.05) is 5.32 Å². The van der Waals surface area contributed by atoms with Crippen LogP contribution in [-0.4, -0.2) is 21.6 Å². The number of aryl methyl sites for hydroxylation is 1. The lowest BCUT2D eigenvalue weighted by molar-refractivity contribution is -0.115. The number of nitrogens with zero attached hydrogens (tertiary/aromatic N) is 1. The van der Waals surface area contributed by atoms with Crippen molar-refractivity contribution in [3.63, 3.8) is 0 Å². The zero-order chi connectivity index (χ0) is 26.7. The van der Waals surface area contributed by atoms with E-state index in [1.165, 1.54) is 24.3 Å². The van der Waals surface area contributed by atoms with E-state index in [0.717, 1.165) is 16.2 Å². The van der Waals surface area contributed by atoms with Crippen molar-refractivity contribution in [3.05, 3.63) is 99.7 Å². The number of rotatable bonds is 8. The first-order chi connectivity index (χ1) is 17.7. The van der Waals surface area contributed by atoms with Gasteiger partial charge in [-0.1, -0.05) is 22.9 Å². The molecule has 3 aromatic carbocycles. The molecule has 0 atom stereocenters. The molecule has 37 heavy (non-hydrogen) atoms. The van der Waals surface area contributed by atoms with Gasteiger partial charge in [0.1, 0.15) is 24.0 Å². The third kappa shape index (κ3) is 5.89. The molecule has 1 aromatic heterocycles. The van der Waals surface area contributed by atoms with Crippen LogP contribution in [0.3, 0.4) is 0 Å². The second-order valence-electron chi connectivity index (χ2n) is 8.34. The number of aromatic nitrogens is 1. The molecule has 2 N–H and O–H groups in total. The monoisotopic (exact) mass is 568 g/mol. The highest BCUT2D eigenvalue weighted by Crippen LogP contribution is 2.37. The molecule has 0 aliphatic carbocycles. The average Bonchev–Trinajstić information content (AvgIpc) is 3.24. The number of nitrogens with one attached hydrogen (secondary N) is 1. The molecular formula is C28H23BrF2N2O4. The highest BCUT2D eigenvalue weighted by molar-refractivity contribution is 9.10. The number of amides is 1. The predicted octanol–water partition coefficient (Wildman–Crippen LogP) is 7.12. The topological polar surface area (TPSA) is 80.6 Å². The first-order valence-electron chi connectivity index (χ1n) is 11.4. The van der Waals surface area contributed by atoms with E-state index in [1.807, 2.05) is 29.7 Å². The Morgan fingerprint density at radius 2 is 1.81 bits per heavy atom. The molecule has 9 heteroatoms. The van der Waals surface area contributed by atoms with Crippen molar-refractivity contribution in [2.24, 2.45) is 0 Å². The maximum atomic E-state index is 14.2. The van der Waals surface area contributed by atoms with Gasteiger partial charge >= 0.3 is 5.97 Å². The molecule has 6 nitrogen and oxygen atoms in total. The van der Waals surface area contributed by atoms with E-state index >= 15 is 0 Å². The van der Waals surface area contributed by atoms with Gasteiger partial charge in [0.25, 0.3) is 0 Å². The van der Waals surface area contributed by atoms with Crippen molar-refractivity contribution in [3.8, 4) is 22.7 Å². The quantitative estimate of drug-likeness (QED) is 0.237. The number of hydrogen-bond acceptors (Lipinski definition) is 3. The van der Waals surface area contributed by atoms with E-state index < -0.39 is 17.6 Å². The van der Waals surface area contributed by atoms with Crippen molar-refractivity contribution < 1.29 is 28.2 Å². The van der Waals surface area contributed by atoms with Gasteiger partial charge < -0.3 is 19.7 Å². The molecule has 0 radical (unpaired) electrons. The summed E-state index contributed by atoms with van der Waals surface area (Å²) in [7, 11) is 0. The zero-order valence-electron chi connectivity index (χ0n) is 20.0. The number of anilines is 1. The minimum Gasteiger partial charge on any atom is -0.488 e. The summed E-state index contributed by atoms with van der Waals surface area (Å²) in [6.45, 7) is 3.45. The van der Waals surface area contributed by atoms with Crippen LogP contribution in [0.5, 0.6) is 5.75 Å². The lowest BCUT2D eigenvalue weighted by Gasteiger charge is -2.18. The number of carboxylic acid groups (broad SMARTS) is 1. The number of carbonyl (C=O) groups is 2. The number of carboxylic acids is 1. The summed E-state index contributed by atoms with van der Waals surface area (Å²) in [5.74, 6) is -2.30. The largest absolute Gasteiger partial charge is 0.488 e. The van der Waals surface area contributed by atoms with E-state index in [1.54, 1.807) is 25.1 Å². The highest BCUT2D eigenvalue weighted by atomic mass is 79.9. The van der Waals surface area contributed by atoms with Crippen LogP contribution >= 0.6 is 15.9 Å². The molecule has 0 fully saturated rings. The molecule has 4 rings (SSSR count). The Labute approximate surface area is 220 Å². The molecule has 0 aliphatic heterocycles. The van der Waals surface area contributed by atoms with Crippen LogP contribution in [0.1, 0.15) is 35.0 Å². The average molecular weight is 569 g/mol. The molecular weight excluding hydrogens is 546 g/mol. The maximum absolute atomic E-state index is 14.2. The lowest BCUT2D eigenvalue weighted by atomic mass is 10.1. The predicted molar refractivity (Wildman–Crippen MR) is 140 cm³/mol. The number of hydrogen-bond donors (Lipinski definition) is 2. The van der Waals surface area contributed by atoms with Gasteiger partial charge in [0.2, 0.25) is 5.91 Å². The third-order valence-corrected chi connectivity index (χ3v) is 6.21. The minimum atomic E-state index is -1.13. The molecule has 1 amide bonds. The molecule has 0 saturated carbocycles. The second kappa shape index (κ2) is 11.0. The number of benzene rings is 3. The Morgan fingerprint density at radius 1 is 1.03 bits per heavy atom. The van der Waals surface area contributed by atoms with Crippen molar-refractivity contribution >= 4 is 33.5 Å². The van der Waals surface area contributed by atoms with Gasteiger partial charge in [-0.25, -0.2) is 13.6 Å². The van der Waals surface area contributed by atoms with Gasteiger partial charge in [-0.2, -0.15) is 0 Å². The van der Waals surface area contributed by atoms with Gasteiger partial charge in [-0.15, -0.1) is 0 Å². The fraction of sp³-hybridized carbons (Fsp3) is 0.143. The van der Waals surface area contributed by atoms with Gasteiger partial charge in [-0.3, -0.25) is 4.79 Å². The van der Waals surface area contributed by atoms with Gasteiger partial charge in [-0.05, 0) is 67.6 Å². The number of ether oxygens (including phenoxy) is 1. The van der Waals surface area contributed by atoms with Gasteiger partial charge in [0.15, 0.2) is 0 Å². The Morgan fingerprint density at radius 3 is 2.51 bits per heavy atom. The molecule has 0 bridgehead atoms. The zero-order valence-corrected chi connectivity index (χ0v) is 21.6. The van der Waals surface area contributed by atoms with E-state index in [2.05, 4.69) is 21.2 Å². The first kappa shape index (κ1) is 26.1. The van der Waals surface area contributed by atoms with Crippen LogP contribution in [0.25, 0.3) is 16.9 Å². The van der Waals surface area contributed by atoms with Crippen LogP contribution in [0.2, 0.25) is 0 Å². The normalized spacial score (nSPS) is 10.8. The Hall–Kier alpha value is -3.98. The Kier molecular flexibility index (Phi) is 7.73. The number of aromatic carboxylic acids is 1. The fourth-order valence-electron chi connectivity index (χ4n) is 3.90. The first-order valence-corrected chi connectivity index (χ1v) is 12.2. The van der Waals surface area contributed by atoms with Crippen LogP contribution in [-0.2, 0) is 11.4 Å². The maximum Gasteiger partial charge on any atom is 0.335 e. The fourth-order valence-corrected chi connectivity index (χ4v) is 4.26. The number of carbonyl (C=O) groups excluding carboxylic acids is 1. The Bertz CT molecular complexity index is 1500. The summed E-state index contributed by atoms with van der Waals surface area (Å²) >= 11 is 3.48. The summed E-state index contributed by atoms with van der Waals surface area (Å²) < 4.78 is 36.0. The summed E-state index contributed by atoms with van der Waals surface area (Å²) in [5, 5.41) is 12.4. The lowest BCUT2D eigenvalue weighted by Crippen LogP contribution is -2.11. The Balaban J connectivity index is 1.79. The molecule has 0 spiro atoms. The van der Waals surface area contributed by atoms with E-state index in [9.17, 15) is 23.5 Å². The van der Waals surface area contributed by atoms with E-state index in [4.69, 9.17) is 4.74 Å². The van der Waals surface area contributed by atoms with Gasteiger partial charge in [0, 0.05) is 45.2 Å². The van der Waals surface area contributed by atoms with Crippen LogP contribution in [0, 0.1) is 18.6 Å². The minimum absolute atomic E-state index is 0.0143. The van der Waals surface area contributed by atoms with Crippen LogP contribution < -0.4 is 10.1 Å². The van der Waals surface area contributed by atoms with Crippen LogP contribution in [0.4, 0.5) is 14.5 Å². The SMILES string of the molecule is CCC(=O)Nc1cc(C(=O)O)cc(-n2c(C)ccc2-c2cc(Br)ccc2OCc2ccc(F)cc2F)c1. The summed E-state index contributed by atoms with van der Waals surface area (Å²) in [5.41, 5.74) is 3.25. The second-order valence-corrected chi connectivity index (χ2v) is 9.25.